The highest BCUT2D eigenvalue weighted by Crippen LogP contribution is 2.34. The Labute approximate surface area is 105 Å². The van der Waals surface area contributed by atoms with E-state index in [1.165, 1.54) is 24.0 Å². The summed E-state index contributed by atoms with van der Waals surface area (Å²) in [6, 6.07) is -0.265. The maximum atomic E-state index is 11.0. The minimum atomic E-state index is -0.265. The fraction of sp³-hybridized carbons (Fsp3) is 0.667. The minimum Gasteiger partial charge on any atom is -0.322 e. The number of nitrogens with two attached hydrogens (primary N) is 1. The Kier molecular flexibility index (Phi) is 5.63. The Bertz CT molecular complexity index is 322. The van der Waals surface area contributed by atoms with Crippen molar-refractivity contribution in [3.8, 4) is 0 Å². The van der Waals surface area contributed by atoms with Gasteiger partial charge in [0, 0.05) is 0 Å². The van der Waals surface area contributed by atoms with Gasteiger partial charge in [0.15, 0.2) is 0 Å². The molecule has 0 aliphatic heterocycles. The van der Waals surface area contributed by atoms with Gasteiger partial charge in [-0.05, 0) is 52.4 Å². The lowest BCUT2D eigenvalue weighted by molar-refractivity contribution is -0.118. The van der Waals surface area contributed by atoms with Crippen molar-refractivity contribution < 1.29 is 4.79 Å². The fourth-order valence-electron chi connectivity index (χ4n) is 2.02. The third-order valence-corrected chi connectivity index (χ3v) is 3.44. The molecule has 2 heteroatoms. The zero-order valence-corrected chi connectivity index (χ0v) is 11.2. The first kappa shape index (κ1) is 14.2. The fourth-order valence-corrected chi connectivity index (χ4v) is 2.02. The van der Waals surface area contributed by atoms with Gasteiger partial charge in [0.25, 0.3) is 0 Å². The molecule has 0 heterocycles. The molecule has 0 aromatic heterocycles. The molecule has 0 aromatic rings. The number of Topliss-reactive ketones (excluding diaryl/α,β-unsaturated/α-hetero) is 1. The lowest BCUT2D eigenvalue weighted by Crippen LogP contribution is -2.27. The van der Waals surface area contributed by atoms with Crippen LogP contribution in [0, 0.1) is 0 Å². The van der Waals surface area contributed by atoms with Gasteiger partial charge >= 0.3 is 0 Å². The monoisotopic (exact) mass is 235 g/mol. The van der Waals surface area contributed by atoms with Gasteiger partial charge in [0.1, 0.15) is 5.78 Å². The van der Waals surface area contributed by atoms with Crippen molar-refractivity contribution in [2.45, 2.75) is 64.8 Å². The van der Waals surface area contributed by atoms with Crippen LogP contribution < -0.4 is 5.73 Å². The van der Waals surface area contributed by atoms with E-state index in [0.717, 1.165) is 32.1 Å². The topological polar surface area (TPSA) is 43.1 Å². The van der Waals surface area contributed by atoms with Gasteiger partial charge in [-0.2, -0.15) is 0 Å². The zero-order chi connectivity index (χ0) is 12.8. The first-order valence-electron chi connectivity index (χ1n) is 6.61. The number of unbranched alkanes of at least 4 members (excludes halogenated alkanes) is 1. The molecule has 0 amide bonds. The van der Waals surface area contributed by atoms with Crippen LogP contribution in [-0.2, 0) is 4.79 Å². The van der Waals surface area contributed by atoms with Crippen LogP contribution in [0.1, 0.15) is 58.8 Å². The molecule has 2 N–H and O–H groups in total. The van der Waals surface area contributed by atoms with Crippen molar-refractivity contribution in [2.24, 2.45) is 5.73 Å². The highest BCUT2D eigenvalue weighted by Gasteiger charge is 2.14. The molecule has 1 unspecified atom stereocenters. The van der Waals surface area contributed by atoms with Crippen molar-refractivity contribution in [1.82, 2.24) is 0 Å². The van der Waals surface area contributed by atoms with Gasteiger partial charge in [0.05, 0.1) is 6.04 Å². The van der Waals surface area contributed by atoms with Gasteiger partial charge in [-0.25, -0.2) is 0 Å². The number of hydrogen-bond acceptors (Lipinski definition) is 2. The van der Waals surface area contributed by atoms with E-state index in [1.807, 2.05) is 0 Å². The van der Waals surface area contributed by atoms with E-state index in [-0.39, 0.29) is 11.8 Å². The number of hydrogen-bond donors (Lipinski definition) is 1. The molecule has 0 spiro atoms. The average Bonchev–Trinajstić information content (AvgIpc) is 3.07. The Balaban J connectivity index is 2.08. The Morgan fingerprint density at radius 1 is 1.35 bits per heavy atom. The Morgan fingerprint density at radius 2 is 2.00 bits per heavy atom. The molecule has 17 heavy (non-hydrogen) atoms. The summed E-state index contributed by atoms with van der Waals surface area (Å²) in [4.78, 5) is 11.0. The summed E-state index contributed by atoms with van der Waals surface area (Å²) in [5, 5.41) is 0. The standard InChI is InChI=1S/C15H25NO/c1-11(10-12(2)14-8-9-14)6-4-5-7-15(16)13(3)17/h15H,1,4-10,16H2,2-3H3. The van der Waals surface area contributed by atoms with E-state index >= 15 is 0 Å². The number of ketones is 1. The third kappa shape index (κ3) is 5.83. The quantitative estimate of drug-likeness (QED) is 0.516. The van der Waals surface area contributed by atoms with Crippen LogP contribution in [0.3, 0.4) is 0 Å². The van der Waals surface area contributed by atoms with Crippen LogP contribution >= 0.6 is 0 Å². The van der Waals surface area contributed by atoms with Crippen LogP contribution in [0.25, 0.3) is 0 Å². The van der Waals surface area contributed by atoms with Crippen LogP contribution in [-0.4, -0.2) is 11.8 Å². The summed E-state index contributed by atoms with van der Waals surface area (Å²) in [5.74, 6) is 0.0955. The van der Waals surface area contributed by atoms with Crippen molar-refractivity contribution in [3.05, 3.63) is 23.3 Å². The van der Waals surface area contributed by atoms with Crippen LogP contribution in [0.2, 0.25) is 0 Å². The largest absolute Gasteiger partial charge is 0.322 e. The van der Waals surface area contributed by atoms with E-state index in [2.05, 4.69) is 13.5 Å². The second-order valence-electron chi connectivity index (χ2n) is 5.27. The Hall–Kier alpha value is -0.890. The molecule has 0 aromatic carbocycles. The normalized spacial score (nSPS) is 15.6. The molecule has 1 aliphatic rings. The van der Waals surface area contributed by atoms with Gasteiger partial charge in [0.2, 0.25) is 0 Å². The second-order valence-corrected chi connectivity index (χ2v) is 5.27. The third-order valence-electron chi connectivity index (χ3n) is 3.44. The van der Waals surface area contributed by atoms with E-state index < -0.39 is 0 Å². The summed E-state index contributed by atoms with van der Waals surface area (Å²) in [5.41, 5.74) is 10.2. The molecule has 0 bridgehead atoms. The molecule has 1 saturated carbocycles. The van der Waals surface area contributed by atoms with Crippen molar-refractivity contribution in [3.63, 3.8) is 0 Å². The van der Waals surface area contributed by atoms with Gasteiger partial charge < -0.3 is 5.73 Å². The maximum absolute atomic E-state index is 11.0. The number of carbonyl (C=O) groups is 1. The molecule has 0 radical (unpaired) electrons. The summed E-state index contributed by atoms with van der Waals surface area (Å²) in [6.45, 7) is 7.91. The van der Waals surface area contributed by atoms with E-state index in [0.29, 0.717) is 0 Å². The minimum absolute atomic E-state index is 0.0955. The van der Waals surface area contributed by atoms with Gasteiger partial charge in [-0.15, -0.1) is 0 Å². The van der Waals surface area contributed by atoms with E-state index in [4.69, 9.17) is 5.73 Å². The smallest absolute Gasteiger partial charge is 0.146 e. The summed E-state index contributed by atoms with van der Waals surface area (Å²) < 4.78 is 0. The number of carbonyl (C=O) groups excluding carboxylic acids is 1. The highest BCUT2D eigenvalue weighted by atomic mass is 16.1. The number of allylic oxidation sites excluding steroid dienone is 3. The summed E-state index contributed by atoms with van der Waals surface area (Å²) in [6.07, 6.45) is 7.66. The van der Waals surface area contributed by atoms with Crippen LogP contribution in [0.4, 0.5) is 0 Å². The SMILES string of the molecule is C=C(CCCCC(N)C(C)=O)CC(C)=C1CC1. The molecule has 96 valence electrons. The lowest BCUT2D eigenvalue weighted by Gasteiger charge is -2.08. The van der Waals surface area contributed by atoms with Crippen molar-refractivity contribution in [1.29, 1.82) is 0 Å². The van der Waals surface area contributed by atoms with E-state index in [1.54, 1.807) is 12.5 Å². The molecule has 1 rings (SSSR count). The van der Waals surface area contributed by atoms with Gasteiger partial charge in [-0.3, -0.25) is 4.79 Å². The lowest BCUT2D eigenvalue weighted by atomic mass is 9.99. The molecule has 1 fully saturated rings. The summed E-state index contributed by atoms with van der Waals surface area (Å²) in [7, 11) is 0. The molecule has 1 aliphatic carbocycles. The van der Waals surface area contributed by atoms with Crippen molar-refractivity contribution in [2.75, 3.05) is 0 Å². The molecular weight excluding hydrogens is 210 g/mol. The molecule has 2 nitrogen and oxygen atoms in total. The first-order chi connectivity index (χ1) is 8.00. The van der Waals surface area contributed by atoms with Gasteiger partial charge in [-0.1, -0.05) is 29.7 Å². The molecule has 0 saturated heterocycles. The predicted octanol–water partition coefficient (Wildman–Crippen LogP) is 3.52. The predicted molar refractivity (Wildman–Crippen MR) is 72.8 cm³/mol. The first-order valence-corrected chi connectivity index (χ1v) is 6.61. The number of rotatable bonds is 8. The summed E-state index contributed by atoms with van der Waals surface area (Å²) >= 11 is 0. The molecule has 1 atom stereocenters. The average molecular weight is 235 g/mol. The van der Waals surface area contributed by atoms with Crippen LogP contribution in [0.15, 0.2) is 23.3 Å². The highest BCUT2D eigenvalue weighted by molar-refractivity contribution is 5.80. The Morgan fingerprint density at radius 3 is 2.53 bits per heavy atom. The van der Waals surface area contributed by atoms with Crippen molar-refractivity contribution >= 4 is 5.78 Å². The second kappa shape index (κ2) is 6.75. The van der Waals surface area contributed by atoms with E-state index in [9.17, 15) is 4.79 Å². The maximum Gasteiger partial charge on any atom is 0.146 e. The zero-order valence-electron chi connectivity index (χ0n) is 11.2. The molecular formula is C15H25NO. The van der Waals surface area contributed by atoms with Crippen LogP contribution in [0.5, 0.6) is 0 Å².